The molecule has 0 spiro atoms. The third-order valence-corrected chi connectivity index (χ3v) is 5.47. The lowest BCUT2D eigenvalue weighted by Gasteiger charge is -2.10. The molecule has 0 fully saturated rings. The first kappa shape index (κ1) is 19.9. The molecule has 0 bridgehead atoms. The molecule has 0 unspecified atom stereocenters. The highest BCUT2D eigenvalue weighted by molar-refractivity contribution is 5.93. The van der Waals surface area contributed by atoms with E-state index in [0.29, 0.717) is 11.5 Å². The summed E-state index contributed by atoms with van der Waals surface area (Å²) in [5, 5.41) is 7.40. The third-order valence-electron chi connectivity index (χ3n) is 5.47. The van der Waals surface area contributed by atoms with Gasteiger partial charge < -0.3 is 15.1 Å². The number of oxazole rings is 1. The Kier molecular flexibility index (Phi) is 4.85. The Labute approximate surface area is 194 Å². The van der Waals surface area contributed by atoms with Crippen molar-refractivity contribution in [1.29, 1.82) is 0 Å². The summed E-state index contributed by atoms with van der Waals surface area (Å²) in [4.78, 5) is 13.0. The Morgan fingerprint density at radius 3 is 2.32 bits per heavy atom. The summed E-state index contributed by atoms with van der Waals surface area (Å²) in [6, 6.07) is 23.7. The van der Waals surface area contributed by atoms with Crippen LogP contribution in [-0.4, -0.2) is 15.0 Å². The fourth-order valence-electron chi connectivity index (χ4n) is 3.81. The van der Waals surface area contributed by atoms with E-state index >= 15 is 0 Å². The molecule has 34 heavy (non-hydrogen) atoms. The van der Waals surface area contributed by atoms with Crippen molar-refractivity contribution in [3.05, 3.63) is 103 Å². The highest BCUT2D eigenvalue weighted by Crippen LogP contribution is 2.30. The zero-order chi connectivity index (χ0) is 22.9. The number of nitrogens with one attached hydrogen (secondary N) is 2. The summed E-state index contributed by atoms with van der Waals surface area (Å²) in [5.41, 5.74) is 6.58. The molecular weight excluding hydrogens is 429 g/mol. The minimum Gasteiger partial charge on any atom is -0.436 e. The number of hydrogen-bond donors (Lipinski definition) is 2. The smallest absolute Gasteiger partial charge is 0.227 e. The van der Waals surface area contributed by atoms with Gasteiger partial charge in [-0.2, -0.15) is 0 Å². The lowest BCUT2D eigenvalue weighted by molar-refractivity contribution is 0.620. The molecule has 6 rings (SSSR count). The van der Waals surface area contributed by atoms with E-state index in [9.17, 15) is 4.39 Å². The van der Waals surface area contributed by atoms with Crippen molar-refractivity contribution in [3.63, 3.8) is 0 Å². The normalized spacial score (nSPS) is 11.1. The van der Waals surface area contributed by atoms with Crippen LogP contribution in [-0.2, 0) is 0 Å². The van der Waals surface area contributed by atoms with Crippen LogP contribution in [0.15, 0.2) is 102 Å². The van der Waals surface area contributed by atoms with E-state index in [1.807, 2.05) is 60.7 Å². The van der Waals surface area contributed by atoms with Crippen LogP contribution < -0.4 is 10.6 Å². The van der Waals surface area contributed by atoms with Crippen LogP contribution in [0, 0.1) is 5.82 Å². The number of anilines is 4. The van der Waals surface area contributed by atoms with Crippen molar-refractivity contribution in [1.82, 2.24) is 15.0 Å². The van der Waals surface area contributed by atoms with E-state index in [4.69, 9.17) is 4.42 Å². The van der Waals surface area contributed by atoms with Gasteiger partial charge in [0, 0.05) is 52.3 Å². The van der Waals surface area contributed by atoms with Gasteiger partial charge in [0.1, 0.15) is 11.3 Å². The monoisotopic (exact) mass is 447 g/mol. The maximum Gasteiger partial charge on any atom is 0.227 e. The van der Waals surface area contributed by atoms with Gasteiger partial charge in [-0.05, 0) is 78.9 Å². The van der Waals surface area contributed by atoms with Gasteiger partial charge in [0.05, 0.1) is 5.52 Å². The van der Waals surface area contributed by atoms with Gasteiger partial charge in [0.15, 0.2) is 5.58 Å². The quantitative estimate of drug-likeness (QED) is 0.294. The highest BCUT2D eigenvalue weighted by atomic mass is 19.1. The van der Waals surface area contributed by atoms with Crippen LogP contribution in [0.1, 0.15) is 0 Å². The molecule has 7 heteroatoms. The van der Waals surface area contributed by atoms with Crippen molar-refractivity contribution in [2.45, 2.75) is 0 Å². The van der Waals surface area contributed by atoms with Crippen LogP contribution >= 0.6 is 0 Å². The molecule has 0 aliphatic carbocycles. The van der Waals surface area contributed by atoms with Crippen molar-refractivity contribution in [2.24, 2.45) is 0 Å². The van der Waals surface area contributed by atoms with Gasteiger partial charge >= 0.3 is 0 Å². The summed E-state index contributed by atoms with van der Waals surface area (Å²) >= 11 is 0. The zero-order valence-electron chi connectivity index (χ0n) is 17.9. The van der Waals surface area contributed by atoms with E-state index in [2.05, 4.69) is 25.6 Å². The van der Waals surface area contributed by atoms with Crippen molar-refractivity contribution >= 4 is 44.8 Å². The van der Waals surface area contributed by atoms with Crippen LogP contribution in [0.25, 0.3) is 33.5 Å². The highest BCUT2D eigenvalue weighted by Gasteiger charge is 2.10. The molecule has 2 N–H and O–H groups in total. The molecule has 164 valence electrons. The molecule has 0 saturated carbocycles. The number of benzene rings is 3. The summed E-state index contributed by atoms with van der Waals surface area (Å²) in [6.45, 7) is 0. The molecule has 0 aliphatic rings. The molecule has 3 aromatic heterocycles. The summed E-state index contributed by atoms with van der Waals surface area (Å²) in [5.74, 6) is 0.244. The molecule has 0 saturated heterocycles. The van der Waals surface area contributed by atoms with Gasteiger partial charge in [0.25, 0.3) is 0 Å². The second kappa shape index (κ2) is 8.29. The van der Waals surface area contributed by atoms with Crippen LogP contribution in [0.3, 0.4) is 0 Å². The first-order valence-electron chi connectivity index (χ1n) is 10.7. The average Bonchev–Trinajstić information content (AvgIpc) is 3.29. The zero-order valence-corrected chi connectivity index (χ0v) is 17.9. The Hall–Kier alpha value is -4.78. The molecule has 0 aliphatic heterocycles. The van der Waals surface area contributed by atoms with E-state index in [-0.39, 0.29) is 5.82 Å². The standard InChI is InChI=1S/C27H18FN5O/c28-18-3-7-23-22(15-18)24(11-14-30-23)32-19-4-1-17(2-5-19)27-33-25-16-21(6-8-26(25)34-27)31-20-9-12-29-13-10-20/h1-16H,(H,29,31)(H,30,32). The summed E-state index contributed by atoms with van der Waals surface area (Å²) in [7, 11) is 0. The van der Waals surface area contributed by atoms with Crippen molar-refractivity contribution in [3.8, 4) is 11.5 Å². The second-order valence-electron chi connectivity index (χ2n) is 7.78. The topological polar surface area (TPSA) is 75.9 Å². The number of nitrogens with zero attached hydrogens (tertiary/aromatic N) is 3. The number of hydrogen-bond acceptors (Lipinski definition) is 6. The van der Waals surface area contributed by atoms with E-state index in [1.165, 1.54) is 12.1 Å². The Morgan fingerprint density at radius 2 is 1.47 bits per heavy atom. The van der Waals surface area contributed by atoms with Gasteiger partial charge in [-0.25, -0.2) is 9.37 Å². The van der Waals surface area contributed by atoms with Gasteiger partial charge in [0.2, 0.25) is 5.89 Å². The Bertz CT molecular complexity index is 1610. The fourth-order valence-corrected chi connectivity index (χ4v) is 3.81. The molecule has 6 nitrogen and oxygen atoms in total. The largest absolute Gasteiger partial charge is 0.436 e. The van der Waals surface area contributed by atoms with Gasteiger partial charge in [-0.15, -0.1) is 0 Å². The molecular formula is C27H18FN5O. The SMILES string of the molecule is Fc1ccc2nccc(Nc3ccc(-c4nc5cc(Nc6ccncc6)ccc5o4)cc3)c2c1. The molecule has 3 heterocycles. The number of halogens is 1. The maximum absolute atomic E-state index is 13.7. The van der Waals surface area contributed by atoms with E-state index in [1.54, 1.807) is 24.7 Å². The van der Waals surface area contributed by atoms with E-state index < -0.39 is 0 Å². The Morgan fingerprint density at radius 1 is 0.676 bits per heavy atom. The van der Waals surface area contributed by atoms with Gasteiger partial charge in [-0.3, -0.25) is 9.97 Å². The minimum absolute atomic E-state index is 0.297. The fraction of sp³-hybridized carbons (Fsp3) is 0. The third kappa shape index (κ3) is 3.91. The second-order valence-corrected chi connectivity index (χ2v) is 7.78. The number of rotatable bonds is 5. The van der Waals surface area contributed by atoms with Crippen molar-refractivity contribution < 1.29 is 8.81 Å². The maximum atomic E-state index is 13.7. The number of aromatic nitrogens is 3. The van der Waals surface area contributed by atoms with E-state index in [0.717, 1.165) is 44.7 Å². The first-order chi connectivity index (χ1) is 16.7. The lowest BCUT2D eigenvalue weighted by atomic mass is 10.1. The molecule has 0 radical (unpaired) electrons. The molecule has 3 aromatic carbocycles. The predicted octanol–water partition coefficient (Wildman–Crippen LogP) is 7.06. The van der Waals surface area contributed by atoms with Crippen molar-refractivity contribution in [2.75, 3.05) is 10.6 Å². The number of fused-ring (bicyclic) bond motifs is 2. The molecule has 0 atom stereocenters. The summed E-state index contributed by atoms with van der Waals surface area (Å²) < 4.78 is 19.7. The lowest BCUT2D eigenvalue weighted by Crippen LogP contribution is -1.93. The molecule has 0 amide bonds. The van der Waals surface area contributed by atoms with Gasteiger partial charge in [-0.1, -0.05) is 0 Å². The van der Waals surface area contributed by atoms with Crippen LogP contribution in [0.4, 0.5) is 27.1 Å². The minimum atomic E-state index is -0.297. The van der Waals surface area contributed by atoms with Crippen LogP contribution in [0.2, 0.25) is 0 Å². The first-order valence-corrected chi connectivity index (χ1v) is 10.7. The van der Waals surface area contributed by atoms with Crippen LogP contribution in [0.5, 0.6) is 0 Å². The summed E-state index contributed by atoms with van der Waals surface area (Å²) in [6.07, 6.45) is 5.18. The Balaban J connectivity index is 1.25. The predicted molar refractivity (Wildman–Crippen MR) is 132 cm³/mol. The molecule has 6 aromatic rings. The average molecular weight is 447 g/mol. The number of pyridine rings is 2.